The van der Waals surface area contributed by atoms with E-state index >= 15 is 0 Å². The Balaban J connectivity index is 1.36. The number of aliphatic hydroxyl groups is 1. The fraction of sp³-hybridized carbons (Fsp3) is 0.481. The molecule has 2 fully saturated rings. The third-order valence-electron chi connectivity index (χ3n) is 7.96. The molecule has 5 rings (SSSR count). The predicted molar refractivity (Wildman–Crippen MR) is 163 cm³/mol. The monoisotopic (exact) mass is 694 g/mol. The van der Waals surface area contributed by atoms with Crippen LogP contribution in [-0.2, 0) is 23.1 Å². The minimum Gasteiger partial charge on any atom is -0.376 e. The molecule has 0 bridgehead atoms. The van der Waals surface area contributed by atoms with Crippen molar-refractivity contribution in [3.63, 3.8) is 0 Å². The van der Waals surface area contributed by atoms with Crippen molar-refractivity contribution in [3.05, 3.63) is 109 Å². The summed E-state index contributed by atoms with van der Waals surface area (Å²) < 4.78 is 39.6. The number of aromatic amines is 2. The molecule has 2 aliphatic heterocycles. The summed E-state index contributed by atoms with van der Waals surface area (Å²) in [5, 5.41) is 34.3. The first-order chi connectivity index (χ1) is 22.7. The number of benzene rings is 1. The molecule has 0 radical (unpaired) electrons. The molecule has 2 aromatic heterocycles. The first kappa shape index (κ1) is 34.7. The standard InChI is InChI=1S/C27H31N6O14P/c1-14-10-30(26(37)28-23(14)34)21-7-4-17(46-21)12-44-48(43,25(36)19-6-3-16(32(39)40)9-20(19)33(41)42)45-13-18-5-8-22(47-18)31-11-15(2)24(35)29-27(31)38/h3,6,9-11,17-18,21-22,25,36H,4-5,7-8,12-13H2,1-2H3,(H,28,34,37)(H,29,35,38)/t17-,18-,21+,22+,25?/m0/s1. The van der Waals surface area contributed by atoms with E-state index in [0.29, 0.717) is 18.9 Å². The van der Waals surface area contributed by atoms with Gasteiger partial charge in [-0.25, -0.2) is 9.59 Å². The van der Waals surface area contributed by atoms with Gasteiger partial charge in [-0.1, -0.05) is 0 Å². The number of nitro benzene ring substituents is 2. The molecule has 3 N–H and O–H groups in total. The Morgan fingerprint density at radius 1 is 0.875 bits per heavy atom. The minimum absolute atomic E-state index is 0.264. The number of rotatable bonds is 12. The Morgan fingerprint density at radius 3 is 1.79 bits per heavy atom. The van der Waals surface area contributed by atoms with Crippen molar-refractivity contribution in [1.29, 1.82) is 0 Å². The number of nitrogens with zero attached hydrogens (tertiary/aromatic N) is 4. The van der Waals surface area contributed by atoms with Crippen LogP contribution in [0.25, 0.3) is 0 Å². The molecule has 1 unspecified atom stereocenters. The quantitative estimate of drug-likeness (QED) is 0.139. The summed E-state index contributed by atoms with van der Waals surface area (Å²) >= 11 is 0. The fourth-order valence-corrected chi connectivity index (χ4v) is 7.04. The zero-order valence-corrected chi connectivity index (χ0v) is 26.4. The smallest absolute Gasteiger partial charge is 0.363 e. The van der Waals surface area contributed by atoms with Gasteiger partial charge in [0.15, 0.2) is 5.85 Å². The normalized spacial score (nSPS) is 21.7. The molecule has 2 saturated heterocycles. The summed E-state index contributed by atoms with van der Waals surface area (Å²) in [6, 6.07) is 2.37. The van der Waals surface area contributed by atoms with Crippen molar-refractivity contribution in [1.82, 2.24) is 19.1 Å². The van der Waals surface area contributed by atoms with Crippen molar-refractivity contribution in [2.45, 2.75) is 70.0 Å². The van der Waals surface area contributed by atoms with Gasteiger partial charge in [0.2, 0.25) is 0 Å². The number of aryl methyl sites for hydroxylation is 2. The topological polar surface area (TPSA) is 270 Å². The van der Waals surface area contributed by atoms with E-state index in [0.717, 1.165) is 12.1 Å². The van der Waals surface area contributed by atoms with E-state index in [1.807, 2.05) is 0 Å². The third kappa shape index (κ3) is 7.28. The van der Waals surface area contributed by atoms with Gasteiger partial charge in [0.1, 0.15) is 12.5 Å². The van der Waals surface area contributed by atoms with E-state index in [1.54, 1.807) is 0 Å². The molecular weight excluding hydrogens is 663 g/mol. The lowest BCUT2D eigenvalue weighted by Crippen LogP contribution is -2.33. The highest BCUT2D eigenvalue weighted by Crippen LogP contribution is 2.61. The first-order valence-corrected chi connectivity index (χ1v) is 16.2. The predicted octanol–water partition coefficient (Wildman–Crippen LogP) is 1.79. The maximum Gasteiger partial charge on any atom is 0.363 e. The van der Waals surface area contributed by atoms with E-state index in [1.165, 1.54) is 35.4 Å². The van der Waals surface area contributed by atoms with Gasteiger partial charge in [0.05, 0.1) is 46.9 Å². The van der Waals surface area contributed by atoms with Crippen molar-refractivity contribution in [3.8, 4) is 0 Å². The van der Waals surface area contributed by atoms with Gasteiger partial charge in [-0.2, -0.15) is 0 Å². The second-order valence-electron chi connectivity index (χ2n) is 11.3. The van der Waals surface area contributed by atoms with Gasteiger partial charge in [-0.15, -0.1) is 0 Å². The Morgan fingerprint density at radius 2 is 1.35 bits per heavy atom. The highest BCUT2D eigenvalue weighted by Gasteiger charge is 2.43. The highest BCUT2D eigenvalue weighted by molar-refractivity contribution is 7.54. The molecule has 48 heavy (non-hydrogen) atoms. The van der Waals surface area contributed by atoms with Crippen LogP contribution in [0, 0.1) is 34.1 Å². The first-order valence-electron chi connectivity index (χ1n) is 14.6. The molecular formula is C27H31N6O14P. The molecule has 258 valence electrons. The van der Waals surface area contributed by atoms with Gasteiger partial charge >= 0.3 is 19.0 Å². The minimum atomic E-state index is -4.78. The van der Waals surface area contributed by atoms with Crippen LogP contribution in [0.1, 0.15) is 60.7 Å². The largest absolute Gasteiger partial charge is 0.376 e. The van der Waals surface area contributed by atoms with Crippen LogP contribution in [0.4, 0.5) is 11.4 Å². The molecule has 21 heteroatoms. The van der Waals surface area contributed by atoms with E-state index in [2.05, 4.69) is 9.97 Å². The zero-order valence-electron chi connectivity index (χ0n) is 25.5. The molecule has 2 aliphatic rings. The molecule has 3 aromatic rings. The summed E-state index contributed by atoms with van der Waals surface area (Å²) in [7, 11) is -4.78. The molecule has 4 heterocycles. The summed E-state index contributed by atoms with van der Waals surface area (Å²) in [6.07, 6.45) is 0.589. The van der Waals surface area contributed by atoms with Crippen molar-refractivity contribution >= 4 is 19.0 Å². The van der Waals surface area contributed by atoms with Gasteiger partial charge in [0.25, 0.3) is 22.5 Å². The molecule has 0 spiro atoms. The van der Waals surface area contributed by atoms with Crippen LogP contribution < -0.4 is 22.5 Å². The zero-order chi connectivity index (χ0) is 34.9. The second kappa shape index (κ2) is 13.9. The van der Waals surface area contributed by atoms with Crippen LogP contribution in [-0.4, -0.2) is 59.5 Å². The van der Waals surface area contributed by atoms with E-state index in [9.17, 15) is 49.1 Å². The highest BCUT2D eigenvalue weighted by atomic mass is 31.2. The van der Waals surface area contributed by atoms with Gasteiger partial charge < -0.3 is 23.6 Å². The van der Waals surface area contributed by atoms with Crippen molar-refractivity contribution < 1.29 is 38.0 Å². The number of nitrogens with one attached hydrogen (secondary N) is 2. The summed E-state index contributed by atoms with van der Waals surface area (Å²) in [5.74, 6) is -2.29. The Kier molecular flexibility index (Phi) is 10.0. The Bertz CT molecular complexity index is 1920. The number of nitro groups is 2. The van der Waals surface area contributed by atoms with E-state index < -0.39 is 101 Å². The number of H-pyrrole nitrogens is 2. The molecule has 1 aromatic carbocycles. The van der Waals surface area contributed by atoms with Gasteiger partial charge in [-0.05, 0) is 45.6 Å². The average molecular weight is 695 g/mol. The lowest BCUT2D eigenvalue weighted by molar-refractivity contribution is -0.394. The summed E-state index contributed by atoms with van der Waals surface area (Å²) in [4.78, 5) is 73.7. The van der Waals surface area contributed by atoms with Gasteiger partial charge in [0, 0.05) is 29.6 Å². The number of ether oxygens (including phenoxy) is 2. The fourth-order valence-electron chi connectivity index (χ4n) is 5.37. The molecule has 20 nitrogen and oxygen atoms in total. The lowest BCUT2D eigenvalue weighted by Gasteiger charge is -2.26. The average Bonchev–Trinajstić information content (AvgIpc) is 3.72. The Hall–Kier alpha value is -4.59. The third-order valence-corrected chi connectivity index (χ3v) is 9.86. The SMILES string of the molecule is Cc1cn([C@H]2CC[C@@H](COP(=O)(OC[C@@H]3CC[C@H](n4cc(C)c(=O)[nH]c4=O)O3)C(O)c3ccc([N+](=O)[O-])cc3[N+](=O)[O-])O2)c(=O)[nH]c1=O. The maximum absolute atomic E-state index is 14.2. The maximum atomic E-state index is 14.2. The molecule has 0 amide bonds. The van der Waals surface area contributed by atoms with Crippen LogP contribution in [0.3, 0.4) is 0 Å². The van der Waals surface area contributed by atoms with Crippen molar-refractivity contribution in [2.75, 3.05) is 13.2 Å². The van der Waals surface area contributed by atoms with Crippen LogP contribution in [0.2, 0.25) is 0 Å². The van der Waals surface area contributed by atoms with Crippen LogP contribution in [0.5, 0.6) is 0 Å². The second-order valence-corrected chi connectivity index (χ2v) is 13.4. The molecule has 0 aliphatic carbocycles. The van der Waals surface area contributed by atoms with E-state index in [4.69, 9.17) is 18.5 Å². The molecule has 0 saturated carbocycles. The van der Waals surface area contributed by atoms with Gasteiger partial charge in [-0.3, -0.25) is 53.5 Å². The number of hydrogen-bond donors (Lipinski definition) is 3. The summed E-state index contributed by atoms with van der Waals surface area (Å²) in [6.45, 7) is 2.08. The van der Waals surface area contributed by atoms with Crippen LogP contribution >= 0.6 is 7.60 Å². The van der Waals surface area contributed by atoms with Crippen LogP contribution in [0.15, 0.2) is 49.8 Å². The lowest BCUT2D eigenvalue weighted by atomic mass is 10.1. The number of aliphatic hydroxyl groups excluding tert-OH is 1. The summed E-state index contributed by atoms with van der Waals surface area (Å²) in [5.41, 5.74) is -4.12. The number of aromatic nitrogens is 4. The number of non-ortho nitro benzene ring substituents is 1. The number of hydrogen-bond acceptors (Lipinski definition) is 14. The molecule has 5 atom stereocenters. The Labute approximate surface area is 268 Å². The van der Waals surface area contributed by atoms with Crippen molar-refractivity contribution in [2.24, 2.45) is 0 Å². The van der Waals surface area contributed by atoms with E-state index in [-0.39, 0.29) is 24.0 Å².